The van der Waals surface area contributed by atoms with Gasteiger partial charge in [-0.1, -0.05) is 0 Å². The van der Waals surface area contributed by atoms with E-state index in [4.69, 9.17) is 9.15 Å². The third-order valence-corrected chi connectivity index (χ3v) is 2.35. The average molecular weight is 234 g/mol. The molecule has 0 fully saturated rings. The molecule has 5 heteroatoms. The topological polar surface area (TPSA) is 65.7 Å². The van der Waals surface area contributed by atoms with Crippen LogP contribution in [0.25, 0.3) is 11.0 Å². The molecule has 0 N–H and O–H groups in total. The van der Waals surface area contributed by atoms with Crippen molar-refractivity contribution in [3.8, 4) is 5.75 Å². The van der Waals surface area contributed by atoms with Crippen LogP contribution >= 0.6 is 0 Å². The number of benzene rings is 1. The molecule has 0 unspecified atom stereocenters. The molecule has 2 rings (SSSR count). The summed E-state index contributed by atoms with van der Waals surface area (Å²) in [5.41, 5.74) is 0.198. The number of ether oxygens (including phenoxy) is 2. The molecule has 0 radical (unpaired) electrons. The van der Waals surface area contributed by atoms with Crippen molar-refractivity contribution >= 4 is 16.9 Å². The monoisotopic (exact) mass is 234 g/mol. The lowest BCUT2D eigenvalue weighted by Crippen LogP contribution is -2.04. The van der Waals surface area contributed by atoms with Crippen molar-refractivity contribution < 1.29 is 18.7 Å². The molecular formula is C12H10O5. The first-order valence-electron chi connectivity index (χ1n) is 4.86. The van der Waals surface area contributed by atoms with Crippen molar-refractivity contribution in [2.24, 2.45) is 0 Å². The second-order valence-electron chi connectivity index (χ2n) is 3.34. The van der Waals surface area contributed by atoms with Gasteiger partial charge in [-0.15, -0.1) is 0 Å². The summed E-state index contributed by atoms with van der Waals surface area (Å²) in [7, 11) is 2.71. The molecule has 1 aromatic carbocycles. The zero-order valence-electron chi connectivity index (χ0n) is 9.35. The SMILES string of the molecule is COC(=O)c1cc2ccc(=O)oc2cc1OC. The minimum absolute atomic E-state index is 0.288. The van der Waals surface area contributed by atoms with Crippen molar-refractivity contribution in [2.75, 3.05) is 14.2 Å². The number of fused-ring (bicyclic) bond motifs is 1. The largest absolute Gasteiger partial charge is 0.496 e. The van der Waals surface area contributed by atoms with Crippen molar-refractivity contribution in [1.29, 1.82) is 0 Å². The van der Waals surface area contributed by atoms with Crippen LogP contribution in [0.3, 0.4) is 0 Å². The lowest BCUT2D eigenvalue weighted by atomic mass is 10.1. The Labute approximate surface area is 96.6 Å². The Morgan fingerprint density at radius 1 is 1.24 bits per heavy atom. The maximum atomic E-state index is 11.5. The Bertz CT molecular complexity index is 626. The van der Waals surface area contributed by atoms with Gasteiger partial charge in [0.25, 0.3) is 0 Å². The maximum Gasteiger partial charge on any atom is 0.341 e. The Balaban J connectivity index is 2.73. The van der Waals surface area contributed by atoms with E-state index >= 15 is 0 Å². The van der Waals surface area contributed by atoms with Crippen LogP contribution in [-0.2, 0) is 4.74 Å². The summed E-state index contributed by atoms with van der Waals surface area (Å²) in [6.07, 6.45) is 0. The van der Waals surface area contributed by atoms with Crippen LogP contribution in [0, 0.1) is 0 Å². The van der Waals surface area contributed by atoms with Gasteiger partial charge in [0.15, 0.2) is 0 Å². The van der Waals surface area contributed by atoms with E-state index in [1.807, 2.05) is 0 Å². The van der Waals surface area contributed by atoms with Gasteiger partial charge in [0.05, 0.1) is 14.2 Å². The molecule has 1 heterocycles. The summed E-state index contributed by atoms with van der Waals surface area (Å²) in [6, 6.07) is 5.91. The summed E-state index contributed by atoms with van der Waals surface area (Å²) in [5, 5.41) is 0.630. The number of carbonyl (C=O) groups is 1. The van der Waals surface area contributed by atoms with Gasteiger partial charge < -0.3 is 13.9 Å². The molecule has 17 heavy (non-hydrogen) atoms. The van der Waals surface area contributed by atoms with Crippen LogP contribution in [0.2, 0.25) is 0 Å². The number of hydrogen-bond donors (Lipinski definition) is 0. The maximum absolute atomic E-state index is 11.5. The fourth-order valence-electron chi connectivity index (χ4n) is 1.54. The molecule has 5 nitrogen and oxygen atoms in total. The van der Waals surface area contributed by atoms with E-state index in [0.29, 0.717) is 16.7 Å². The Hall–Kier alpha value is -2.30. The molecule has 0 saturated heterocycles. The molecule has 2 aromatic rings. The zero-order chi connectivity index (χ0) is 12.4. The molecule has 0 atom stereocenters. The van der Waals surface area contributed by atoms with Gasteiger partial charge in [0.1, 0.15) is 16.9 Å². The third-order valence-electron chi connectivity index (χ3n) is 2.35. The summed E-state index contributed by atoms with van der Waals surface area (Å²) in [4.78, 5) is 22.6. The Morgan fingerprint density at radius 2 is 2.00 bits per heavy atom. The molecule has 0 spiro atoms. The summed E-state index contributed by atoms with van der Waals surface area (Å²) in [5.74, 6) is -0.200. The number of carbonyl (C=O) groups excluding carboxylic acids is 1. The number of methoxy groups -OCH3 is 2. The summed E-state index contributed by atoms with van der Waals surface area (Å²) >= 11 is 0. The predicted molar refractivity (Wildman–Crippen MR) is 60.4 cm³/mol. The fraction of sp³-hybridized carbons (Fsp3) is 0.167. The molecule has 1 aromatic heterocycles. The molecule has 88 valence electrons. The standard InChI is InChI=1S/C12H10O5/c1-15-10-6-9-7(3-4-11(13)17-9)5-8(10)12(14)16-2/h3-6H,1-2H3. The smallest absolute Gasteiger partial charge is 0.341 e. The average Bonchev–Trinajstić information content (AvgIpc) is 2.36. The van der Waals surface area contributed by atoms with Gasteiger partial charge >= 0.3 is 11.6 Å². The van der Waals surface area contributed by atoms with E-state index in [1.165, 1.54) is 26.4 Å². The van der Waals surface area contributed by atoms with E-state index in [9.17, 15) is 9.59 Å². The molecule has 0 aliphatic carbocycles. The third kappa shape index (κ3) is 1.99. The summed E-state index contributed by atoms with van der Waals surface area (Å²) < 4.78 is 14.7. The van der Waals surface area contributed by atoms with Crippen LogP contribution in [0.4, 0.5) is 0 Å². The van der Waals surface area contributed by atoms with Crippen LogP contribution in [-0.4, -0.2) is 20.2 Å². The highest BCUT2D eigenvalue weighted by atomic mass is 16.5. The number of rotatable bonds is 2. The molecule has 0 aliphatic rings. The van der Waals surface area contributed by atoms with Crippen LogP contribution in [0.15, 0.2) is 33.5 Å². The molecular weight excluding hydrogens is 224 g/mol. The van der Waals surface area contributed by atoms with Crippen LogP contribution < -0.4 is 10.4 Å². The van der Waals surface area contributed by atoms with E-state index in [0.717, 1.165) is 0 Å². The zero-order valence-corrected chi connectivity index (χ0v) is 9.35. The van der Waals surface area contributed by atoms with Gasteiger partial charge in [-0.3, -0.25) is 0 Å². The van der Waals surface area contributed by atoms with Gasteiger partial charge in [0, 0.05) is 17.5 Å². The summed E-state index contributed by atoms with van der Waals surface area (Å²) in [6.45, 7) is 0. The Kier molecular flexibility index (Phi) is 2.82. The lowest BCUT2D eigenvalue weighted by Gasteiger charge is -2.07. The van der Waals surface area contributed by atoms with Crippen LogP contribution in [0.1, 0.15) is 10.4 Å². The fourth-order valence-corrected chi connectivity index (χ4v) is 1.54. The van der Waals surface area contributed by atoms with Gasteiger partial charge in [0.2, 0.25) is 0 Å². The molecule has 0 saturated carbocycles. The Morgan fingerprint density at radius 3 is 2.65 bits per heavy atom. The molecule has 0 amide bonds. The highest BCUT2D eigenvalue weighted by Crippen LogP contribution is 2.25. The van der Waals surface area contributed by atoms with E-state index in [-0.39, 0.29) is 5.56 Å². The van der Waals surface area contributed by atoms with Crippen molar-refractivity contribution in [3.63, 3.8) is 0 Å². The second-order valence-corrected chi connectivity index (χ2v) is 3.34. The number of esters is 1. The van der Waals surface area contributed by atoms with Crippen molar-refractivity contribution in [3.05, 3.63) is 40.2 Å². The van der Waals surface area contributed by atoms with E-state index in [1.54, 1.807) is 12.1 Å². The molecule has 0 aliphatic heterocycles. The number of hydrogen-bond acceptors (Lipinski definition) is 5. The first kappa shape index (κ1) is 11.2. The van der Waals surface area contributed by atoms with Crippen molar-refractivity contribution in [2.45, 2.75) is 0 Å². The second kappa shape index (κ2) is 4.29. The molecule has 0 bridgehead atoms. The first-order chi connectivity index (χ1) is 8.15. The van der Waals surface area contributed by atoms with E-state index in [2.05, 4.69) is 4.74 Å². The highest BCUT2D eigenvalue weighted by molar-refractivity contribution is 5.97. The highest BCUT2D eigenvalue weighted by Gasteiger charge is 2.14. The van der Waals surface area contributed by atoms with Crippen molar-refractivity contribution in [1.82, 2.24) is 0 Å². The normalized spacial score (nSPS) is 10.2. The quantitative estimate of drug-likeness (QED) is 0.583. The van der Waals surface area contributed by atoms with Gasteiger partial charge in [-0.2, -0.15) is 0 Å². The lowest BCUT2D eigenvalue weighted by molar-refractivity contribution is 0.0597. The van der Waals surface area contributed by atoms with Gasteiger partial charge in [-0.05, 0) is 12.1 Å². The van der Waals surface area contributed by atoms with Crippen LogP contribution in [0.5, 0.6) is 5.75 Å². The minimum Gasteiger partial charge on any atom is -0.496 e. The minimum atomic E-state index is -0.505. The predicted octanol–water partition coefficient (Wildman–Crippen LogP) is 1.59. The van der Waals surface area contributed by atoms with Gasteiger partial charge in [-0.25, -0.2) is 9.59 Å². The first-order valence-corrected chi connectivity index (χ1v) is 4.86. The van der Waals surface area contributed by atoms with E-state index < -0.39 is 11.6 Å².